The van der Waals surface area contributed by atoms with Gasteiger partial charge >= 0.3 is 0 Å². The van der Waals surface area contributed by atoms with Gasteiger partial charge in [-0.05, 0) is 25.6 Å². The summed E-state index contributed by atoms with van der Waals surface area (Å²) in [6.45, 7) is 12.0. The zero-order valence-corrected chi connectivity index (χ0v) is 9.25. The van der Waals surface area contributed by atoms with Gasteiger partial charge in [0.15, 0.2) is 0 Å². The molecular formula is C10H24N2O. The lowest BCUT2D eigenvalue weighted by Crippen LogP contribution is -2.28. The summed E-state index contributed by atoms with van der Waals surface area (Å²) in [4.78, 5) is 2.35. The van der Waals surface area contributed by atoms with Gasteiger partial charge in [-0.15, -0.1) is 0 Å². The first-order chi connectivity index (χ1) is 6.24. The zero-order valence-electron chi connectivity index (χ0n) is 9.25. The van der Waals surface area contributed by atoms with E-state index in [9.17, 15) is 0 Å². The summed E-state index contributed by atoms with van der Waals surface area (Å²) in [6, 6.07) is 0. The molecule has 0 rings (SSSR count). The number of likely N-dealkylation sites (N-methyl/N-ethyl adjacent to an activating group) is 1. The second-order valence-corrected chi connectivity index (χ2v) is 3.44. The molecule has 0 aliphatic carbocycles. The lowest BCUT2D eigenvalue weighted by molar-refractivity contribution is 0.0859. The van der Waals surface area contributed by atoms with E-state index >= 15 is 0 Å². The minimum Gasteiger partial charge on any atom is -0.380 e. The third-order valence-electron chi connectivity index (χ3n) is 2.25. The average Bonchev–Trinajstić information content (AvgIpc) is 2.18. The molecule has 0 aromatic heterocycles. The molecule has 0 saturated heterocycles. The van der Waals surface area contributed by atoms with Crippen molar-refractivity contribution in [2.24, 2.45) is 11.7 Å². The molecule has 13 heavy (non-hydrogen) atoms. The van der Waals surface area contributed by atoms with Gasteiger partial charge < -0.3 is 15.4 Å². The Labute approximate surface area is 82.2 Å². The van der Waals surface area contributed by atoms with Crippen molar-refractivity contribution >= 4 is 0 Å². The van der Waals surface area contributed by atoms with Crippen molar-refractivity contribution in [1.82, 2.24) is 4.90 Å². The van der Waals surface area contributed by atoms with Crippen LogP contribution in [0.1, 0.15) is 20.8 Å². The van der Waals surface area contributed by atoms with E-state index in [1.54, 1.807) is 0 Å². The van der Waals surface area contributed by atoms with Gasteiger partial charge in [0.2, 0.25) is 0 Å². The van der Waals surface area contributed by atoms with Crippen LogP contribution in [0.4, 0.5) is 0 Å². The van der Waals surface area contributed by atoms with Gasteiger partial charge in [-0.3, -0.25) is 0 Å². The molecular weight excluding hydrogens is 164 g/mol. The summed E-state index contributed by atoms with van der Waals surface area (Å²) in [6.07, 6.45) is 0. The second-order valence-electron chi connectivity index (χ2n) is 3.44. The molecule has 80 valence electrons. The van der Waals surface area contributed by atoms with E-state index in [1.807, 2.05) is 0 Å². The fourth-order valence-electron chi connectivity index (χ4n) is 1.09. The van der Waals surface area contributed by atoms with Crippen LogP contribution in [-0.2, 0) is 4.74 Å². The van der Waals surface area contributed by atoms with Gasteiger partial charge in [-0.25, -0.2) is 0 Å². The average molecular weight is 188 g/mol. The number of hydrogen-bond acceptors (Lipinski definition) is 3. The van der Waals surface area contributed by atoms with Crippen molar-refractivity contribution in [3.8, 4) is 0 Å². The quantitative estimate of drug-likeness (QED) is 0.576. The number of ether oxygens (including phenoxy) is 1. The van der Waals surface area contributed by atoms with Crippen LogP contribution in [0.5, 0.6) is 0 Å². The van der Waals surface area contributed by atoms with E-state index in [4.69, 9.17) is 10.5 Å². The first-order valence-electron chi connectivity index (χ1n) is 5.24. The largest absolute Gasteiger partial charge is 0.380 e. The van der Waals surface area contributed by atoms with Crippen LogP contribution in [-0.4, -0.2) is 44.3 Å². The Hall–Kier alpha value is -0.120. The predicted octanol–water partition coefficient (Wildman–Crippen LogP) is 0.940. The predicted molar refractivity (Wildman–Crippen MR) is 56.8 cm³/mol. The molecule has 2 N–H and O–H groups in total. The van der Waals surface area contributed by atoms with Gasteiger partial charge in [0.25, 0.3) is 0 Å². The Morgan fingerprint density at radius 3 is 2.38 bits per heavy atom. The molecule has 0 bridgehead atoms. The van der Waals surface area contributed by atoms with Crippen LogP contribution in [0, 0.1) is 5.92 Å². The molecule has 0 spiro atoms. The van der Waals surface area contributed by atoms with Crippen LogP contribution in [0.2, 0.25) is 0 Å². The molecule has 0 aromatic rings. The highest BCUT2D eigenvalue weighted by atomic mass is 16.5. The topological polar surface area (TPSA) is 38.5 Å². The standard InChI is InChI=1S/C10H24N2O/c1-4-12(5-2)6-7-13-9-10(3)8-11/h10H,4-9,11H2,1-3H3. The first-order valence-corrected chi connectivity index (χ1v) is 5.24. The highest BCUT2D eigenvalue weighted by Crippen LogP contribution is 1.93. The lowest BCUT2D eigenvalue weighted by Gasteiger charge is -2.18. The van der Waals surface area contributed by atoms with Gasteiger partial charge in [0.05, 0.1) is 13.2 Å². The summed E-state index contributed by atoms with van der Waals surface area (Å²) in [5, 5.41) is 0. The molecule has 0 fully saturated rings. The number of nitrogens with zero attached hydrogens (tertiary/aromatic N) is 1. The van der Waals surface area contributed by atoms with E-state index in [-0.39, 0.29) is 0 Å². The fraction of sp³-hybridized carbons (Fsp3) is 1.00. The molecule has 0 radical (unpaired) electrons. The van der Waals surface area contributed by atoms with E-state index in [0.717, 1.165) is 32.8 Å². The Kier molecular flexibility index (Phi) is 8.40. The number of nitrogens with two attached hydrogens (primary N) is 1. The van der Waals surface area contributed by atoms with Crippen molar-refractivity contribution in [2.45, 2.75) is 20.8 Å². The summed E-state index contributed by atoms with van der Waals surface area (Å²) >= 11 is 0. The maximum atomic E-state index is 5.50. The second kappa shape index (κ2) is 8.48. The van der Waals surface area contributed by atoms with Crippen molar-refractivity contribution in [3.63, 3.8) is 0 Å². The van der Waals surface area contributed by atoms with Crippen molar-refractivity contribution in [3.05, 3.63) is 0 Å². The lowest BCUT2D eigenvalue weighted by atomic mass is 10.2. The Morgan fingerprint density at radius 2 is 1.92 bits per heavy atom. The fourth-order valence-corrected chi connectivity index (χ4v) is 1.09. The molecule has 0 aliphatic heterocycles. The summed E-state index contributed by atoms with van der Waals surface area (Å²) in [5.41, 5.74) is 5.48. The van der Waals surface area contributed by atoms with Crippen LogP contribution in [0.15, 0.2) is 0 Å². The molecule has 0 aromatic carbocycles. The maximum absolute atomic E-state index is 5.50. The Morgan fingerprint density at radius 1 is 1.31 bits per heavy atom. The van der Waals surface area contributed by atoms with Crippen LogP contribution in [0.3, 0.4) is 0 Å². The SMILES string of the molecule is CCN(CC)CCOCC(C)CN. The maximum Gasteiger partial charge on any atom is 0.0593 e. The van der Waals surface area contributed by atoms with Gasteiger partial charge in [0, 0.05) is 6.54 Å². The Bertz CT molecular complexity index is 105. The van der Waals surface area contributed by atoms with Gasteiger partial charge in [-0.1, -0.05) is 20.8 Å². The van der Waals surface area contributed by atoms with Gasteiger partial charge in [-0.2, -0.15) is 0 Å². The highest BCUT2D eigenvalue weighted by Gasteiger charge is 2.00. The van der Waals surface area contributed by atoms with Gasteiger partial charge in [0.1, 0.15) is 0 Å². The highest BCUT2D eigenvalue weighted by molar-refractivity contribution is 4.53. The van der Waals surface area contributed by atoms with E-state index in [1.165, 1.54) is 0 Å². The minimum absolute atomic E-state index is 0.483. The third kappa shape index (κ3) is 6.99. The van der Waals surface area contributed by atoms with Crippen molar-refractivity contribution < 1.29 is 4.74 Å². The number of hydrogen-bond donors (Lipinski definition) is 1. The molecule has 1 atom stereocenters. The van der Waals surface area contributed by atoms with Crippen molar-refractivity contribution in [1.29, 1.82) is 0 Å². The summed E-state index contributed by atoms with van der Waals surface area (Å²) in [5.74, 6) is 0.483. The van der Waals surface area contributed by atoms with E-state index in [0.29, 0.717) is 12.5 Å². The normalized spacial score (nSPS) is 13.6. The molecule has 0 saturated carbocycles. The first kappa shape index (κ1) is 12.9. The van der Waals surface area contributed by atoms with Crippen LogP contribution < -0.4 is 5.73 Å². The van der Waals surface area contributed by atoms with Crippen molar-refractivity contribution in [2.75, 3.05) is 39.4 Å². The monoisotopic (exact) mass is 188 g/mol. The summed E-state index contributed by atoms with van der Waals surface area (Å²) < 4.78 is 5.50. The number of rotatable bonds is 8. The minimum atomic E-state index is 0.483. The molecule has 3 nitrogen and oxygen atoms in total. The molecule has 1 unspecified atom stereocenters. The molecule has 0 amide bonds. The molecule has 3 heteroatoms. The van der Waals surface area contributed by atoms with E-state index < -0.39 is 0 Å². The van der Waals surface area contributed by atoms with E-state index in [2.05, 4.69) is 25.7 Å². The molecule has 0 aliphatic rings. The Balaban J connectivity index is 3.23. The zero-order chi connectivity index (χ0) is 10.1. The van der Waals surface area contributed by atoms with Crippen LogP contribution in [0.25, 0.3) is 0 Å². The molecule has 0 heterocycles. The summed E-state index contributed by atoms with van der Waals surface area (Å²) in [7, 11) is 0. The third-order valence-corrected chi connectivity index (χ3v) is 2.25. The smallest absolute Gasteiger partial charge is 0.0593 e. The van der Waals surface area contributed by atoms with Crippen LogP contribution >= 0.6 is 0 Å².